The summed E-state index contributed by atoms with van der Waals surface area (Å²) in [6, 6.07) is 11.9. The first-order valence-corrected chi connectivity index (χ1v) is 10.3. The van der Waals surface area contributed by atoms with Gasteiger partial charge in [0.1, 0.15) is 17.5 Å². The average molecular weight is 484 g/mol. The number of hydrogen-bond donors (Lipinski definition) is 1. The second kappa shape index (κ2) is 11.1. The topological polar surface area (TPSA) is 67.9 Å². The molecule has 0 aromatic heterocycles. The maximum atomic E-state index is 13.0. The zero-order valence-electron chi connectivity index (χ0n) is 16.6. The van der Waals surface area contributed by atoms with Crippen molar-refractivity contribution in [2.75, 3.05) is 20.8 Å². The van der Waals surface area contributed by atoms with Crippen LogP contribution in [0.1, 0.15) is 18.9 Å². The van der Waals surface area contributed by atoms with Crippen molar-refractivity contribution in [3.63, 3.8) is 0 Å². The average Bonchev–Trinajstić information content (AvgIpc) is 2.72. The number of amides is 2. The highest BCUT2D eigenvalue weighted by atomic mass is 79.9. The minimum Gasteiger partial charge on any atom is -0.497 e. The molecule has 0 spiro atoms. The van der Waals surface area contributed by atoms with Gasteiger partial charge in [0.25, 0.3) is 5.91 Å². The molecule has 2 aromatic carbocycles. The number of nitrogens with zero attached hydrogens (tertiary/aromatic N) is 1. The van der Waals surface area contributed by atoms with E-state index in [9.17, 15) is 9.59 Å². The number of ether oxygens (including phenoxy) is 2. The van der Waals surface area contributed by atoms with Gasteiger partial charge in [0.2, 0.25) is 5.91 Å². The Morgan fingerprint density at radius 1 is 1.24 bits per heavy atom. The monoisotopic (exact) mass is 482 g/mol. The fourth-order valence-corrected chi connectivity index (χ4v) is 3.60. The van der Waals surface area contributed by atoms with Crippen molar-refractivity contribution >= 4 is 39.3 Å². The Balaban J connectivity index is 2.22. The second-order valence-electron chi connectivity index (χ2n) is 6.27. The highest BCUT2D eigenvalue weighted by Crippen LogP contribution is 2.28. The maximum Gasteiger partial charge on any atom is 0.261 e. The number of likely N-dealkylation sites (N-methyl/N-ethyl adjacent to an activating group) is 1. The van der Waals surface area contributed by atoms with Crippen LogP contribution < -0.4 is 14.8 Å². The SMILES string of the molecule is CC[C@H](C(=O)NC)N(Cc1cccc(OC)c1)C(=O)COc1ccc(Br)cc1Cl. The quantitative estimate of drug-likeness (QED) is 0.584. The Bertz CT molecular complexity index is 862. The maximum absolute atomic E-state index is 13.0. The van der Waals surface area contributed by atoms with E-state index in [1.807, 2.05) is 31.2 Å². The molecule has 2 aromatic rings. The lowest BCUT2D eigenvalue weighted by atomic mass is 10.1. The van der Waals surface area contributed by atoms with E-state index in [0.29, 0.717) is 22.9 Å². The number of nitrogens with one attached hydrogen (secondary N) is 1. The number of halogens is 2. The van der Waals surface area contributed by atoms with Crippen LogP contribution in [0.15, 0.2) is 46.9 Å². The molecule has 6 nitrogen and oxygen atoms in total. The molecule has 8 heteroatoms. The van der Waals surface area contributed by atoms with Crippen LogP contribution in [0.2, 0.25) is 5.02 Å². The van der Waals surface area contributed by atoms with Gasteiger partial charge in [0, 0.05) is 18.1 Å². The Morgan fingerprint density at radius 2 is 2.00 bits per heavy atom. The van der Waals surface area contributed by atoms with Crippen LogP contribution in [0.25, 0.3) is 0 Å². The smallest absolute Gasteiger partial charge is 0.261 e. The van der Waals surface area contributed by atoms with Crippen LogP contribution in [0.5, 0.6) is 11.5 Å². The summed E-state index contributed by atoms with van der Waals surface area (Å²) in [5.74, 6) is 0.533. The first kappa shape index (κ1) is 23.0. The lowest BCUT2D eigenvalue weighted by Crippen LogP contribution is -2.49. The van der Waals surface area contributed by atoms with E-state index in [0.717, 1.165) is 10.0 Å². The van der Waals surface area contributed by atoms with Crippen molar-refractivity contribution in [2.24, 2.45) is 0 Å². The fraction of sp³-hybridized carbons (Fsp3) is 0.333. The summed E-state index contributed by atoms with van der Waals surface area (Å²) >= 11 is 9.49. The van der Waals surface area contributed by atoms with Gasteiger partial charge in [-0.15, -0.1) is 0 Å². The summed E-state index contributed by atoms with van der Waals surface area (Å²) in [5, 5.41) is 3.02. The summed E-state index contributed by atoms with van der Waals surface area (Å²) in [7, 11) is 3.13. The molecule has 2 amide bonds. The molecule has 1 N–H and O–H groups in total. The largest absolute Gasteiger partial charge is 0.497 e. The molecule has 0 aliphatic rings. The van der Waals surface area contributed by atoms with Crippen molar-refractivity contribution in [1.29, 1.82) is 0 Å². The van der Waals surface area contributed by atoms with Gasteiger partial charge in [0.15, 0.2) is 6.61 Å². The minimum absolute atomic E-state index is 0.231. The number of methoxy groups -OCH3 is 1. The van der Waals surface area contributed by atoms with Crippen LogP contribution in [-0.2, 0) is 16.1 Å². The first-order chi connectivity index (χ1) is 13.9. The van der Waals surface area contributed by atoms with Gasteiger partial charge in [-0.05, 0) is 42.3 Å². The molecule has 0 fully saturated rings. The molecule has 0 bridgehead atoms. The third-order valence-corrected chi connectivity index (χ3v) is 5.15. The van der Waals surface area contributed by atoms with Gasteiger partial charge in [-0.25, -0.2) is 0 Å². The van der Waals surface area contributed by atoms with Crippen LogP contribution in [-0.4, -0.2) is 43.5 Å². The summed E-state index contributed by atoms with van der Waals surface area (Å²) < 4.78 is 11.7. The minimum atomic E-state index is -0.623. The number of carbonyl (C=O) groups excluding carboxylic acids is 2. The van der Waals surface area contributed by atoms with Gasteiger partial charge in [-0.2, -0.15) is 0 Å². The summed E-state index contributed by atoms with van der Waals surface area (Å²) in [5.41, 5.74) is 0.849. The zero-order chi connectivity index (χ0) is 21.4. The predicted molar refractivity (Wildman–Crippen MR) is 116 cm³/mol. The first-order valence-electron chi connectivity index (χ1n) is 9.11. The van der Waals surface area contributed by atoms with Gasteiger partial charge in [-0.3, -0.25) is 9.59 Å². The third-order valence-electron chi connectivity index (χ3n) is 4.36. The highest BCUT2D eigenvalue weighted by molar-refractivity contribution is 9.10. The van der Waals surface area contributed by atoms with Crippen LogP contribution in [0, 0.1) is 0 Å². The Hall–Kier alpha value is -2.25. The van der Waals surface area contributed by atoms with Crippen LogP contribution in [0.4, 0.5) is 0 Å². The van der Waals surface area contributed by atoms with Gasteiger partial charge < -0.3 is 19.7 Å². The summed E-state index contributed by atoms with van der Waals surface area (Å²) in [4.78, 5) is 26.9. The Labute approximate surface area is 184 Å². The fourth-order valence-electron chi connectivity index (χ4n) is 2.87. The second-order valence-corrected chi connectivity index (χ2v) is 7.60. The normalized spacial score (nSPS) is 11.5. The summed E-state index contributed by atoms with van der Waals surface area (Å²) in [6.45, 7) is 1.87. The molecule has 0 radical (unpaired) electrons. The number of carbonyl (C=O) groups is 2. The number of rotatable bonds is 9. The molecular formula is C21H24BrClN2O4. The number of hydrogen-bond acceptors (Lipinski definition) is 4. The van der Waals surface area contributed by atoms with Gasteiger partial charge in [0.05, 0.1) is 12.1 Å². The Morgan fingerprint density at radius 3 is 2.62 bits per heavy atom. The van der Waals surface area contributed by atoms with E-state index in [1.54, 1.807) is 32.4 Å². The molecule has 0 aliphatic heterocycles. The standard InChI is InChI=1S/C21H24BrClN2O4/c1-4-18(21(27)24-2)25(12-14-6-5-7-16(10-14)28-3)20(26)13-29-19-9-8-15(22)11-17(19)23/h5-11,18H,4,12-13H2,1-3H3,(H,24,27)/t18-/m1/s1. The van der Waals surface area contributed by atoms with Gasteiger partial charge in [-0.1, -0.05) is 46.6 Å². The van der Waals surface area contributed by atoms with E-state index in [1.165, 1.54) is 4.90 Å². The molecule has 0 unspecified atom stereocenters. The van der Waals surface area contributed by atoms with Crippen LogP contribution >= 0.6 is 27.5 Å². The molecule has 29 heavy (non-hydrogen) atoms. The molecule has 0 aliphatic carbocycles. The molecule has 0 saturated heterocycles. The van der Waals surface area contributed by atoms with Crippen molar-refractivity contribution in [3.8, 4) is 11.5 Å². The van der Waals surface area contributed by atoms with Crippen molar-refractivity contribution in [3.05, 3.63) is 57.5 Å². The predicted octanol–water partition coefficient (Wildman–Crippen LogP) is 4.04. The lowest BCUT2D eigenvalue weighted by Gasteiger charge is -2.30. The molecule has 0 heterocycles. The Kier molecular flexibility index (Phi) is 8.79. The van der Waals surface area contributed by atoms with E-state index in [4.69, 9.17) is 21.1 Å². The number of benzene rings is 2. The van der Waals surface area contributed by atoms with Crippen molar-refractivity contribution in [2.45, 2.75) is 25.9 Å². The molecule has 2 rings (SSSR count). The van der Waals surface area contributed by atoms with Crippen molar-refractivity contribution < 1.29 is 19.1 Å². The summed E-state index contributed by atoms with van der Waals surface area (Å²) in [6.07, 6.45) is 0.467. The third kappa shape index (κ3) is 6.37. The zero-order valence-corrected chi connectivity index (χ0v) is 18.9. The molecular weight excluding hydrogens is 460 g/mol. The highest BCUT2D eigenvalue weighted by Gasteiger charge is 2.28. The lowest BCUT2D eigenvalue weighted by molar-refractivity contribution is -0.142. The van der Waals surface area contributed by atoms with E-state index in [-0.39, 0.29) is 25.0 Å². The van der Waals surface area contributed by atoms with E-state index >= 15 is 0 Å². The molecule has 1 atom stereocenters. The molecule has 0 saturated carbocycles. The molecule has 156 valence electrons. The van der Waals surface area contributed by atoms with Crippen molar-refractivity contribution in [1.82, 2.24) is 10.2 Å². The van der Waals surface area contributed by atoms with Crippen LogP contribution in [0.3, 0.4) is 0 Å². The van der Waals surface area contributed by atoms with E-state index in [2.05, 4.69) is 21.2 Å². The van der Waals surface area contributed by atoms with Gasteiger partial charge >= 0.3 is 0 Å². The van der Waals surface area contributed by atoms with E-state index < -0.39 is 6.04 Å².